The van der Waals surface area contributed by atoms with E-state index in [1.54, 1.807) is 0 Å². The molecule has 1 aliphatic carbocycles. The highest BCUT2D eigenvalue weighted by Gasteiger charge is 2.21. The van der Waals surface area contributed by atoms with E-state index in [-0.39, 0.29) is 0 Å². The molecule has 0 radical (unpaired) electrons. The summed E-state index contributed by atoms with van der Waals surface area (Å²) in [5.74, 6) is 0. The van der Waals surface area contributed by atoms with Gasteiger partial charge in [-0.05, 0) is 52.9 Å². The van der Waals surface area contributed by atoms with Gasteiger partial charge in [-0.3, -0.25) is 14.4 Å². The zero-order valence-electron chi connectivity index (χ0n) is 14.9. The van der Waals surface area contributed by atoms with E-state index in [0.29, 0.717) is 0 Å². The molecule has 0 saturated carbocycles. The Bertz CT molecular complexity index is 1590. The normalized spacial score (nSPS) is 12.9. The molecule has 130 valence electrons. The minimum absolute atomic E-state index is 0.904. The van der Waals surface area contributed by atoms with Gasteiger partial charge < -0.3 is 0 Å². The first kappa shape index (κ1) is 14.3. The number of fused-ring (bicyclic) bond motifs is 11. The van der Waals surface area contributed by atoms with Crippen molar-refractivity contribution in [1.29, 1.82) is 0 Å². The van der Waals surface area contributed by atoms with Crippen molar-refractivity contribution in [2.45, 2.75) is 6.42 Å². The van der Waals surface area contributed by atoms with Crippen molar-refractivity contribution in [3.8, 4) is 11.1 Å². The summed E-state index contributed by atoms with van der Waals surface area (Å²) in [7, 11) is 0. The lowest BCUT2D eigenvalue weighted by molar-refractivity contribution is 1.25. The number of rotatable bonds is 0. The highest BCUT2D eigenvalue weighted by molar-refractivity contribution is 6.12. The van der Waals surface area contributed by atoms with Gasteiger partial charge in [0.15, 0.2) is 5.65 Å². The zero-order valence-corrected chi connectivity index (χ0v) is 14.9. The highest BCUT2D eigenvalue weighted by Crippen LogP contribution is 2.40. The maximum atomic E-state index is 5.02. The third-order valence-electron chi connectivity index (χ3n) is 5.92. The van der Waals surface area contributed by atoms with E-state index in [2.05, 4.69) is 62.9 Å². The molecule has 2 aromatic carbocycles. The minimum atomic E-state index is 0.904. The van der Waals surface area contributed by atoms with Gasteiger partial charge in [0.1, 0.15) is 5.52 Å². The Labute approximate surface area is 160 Å². The third-order valence-corrected chi connectivity index (χ3v) is 5.92. The Morgan fingerprint density at radius 2 is 1.75 bits per heavy atom. The fourth-order valence-corrected chi connectivity index (χ4v) is 4.70. The molecule has 0 fully saturated rings. The van der Waals surface area contributed by atoms with Crippen molar-refractivity contribution in [3.63, 3.8) is 0 Å². The molecule has 28 heavy (non-hydrogen) atoms. The Kier molecular flexibility index (Phi) is 2.51. The molecule has 1 aliphatic rings. The highest BCUT2D eigenvalue weighted by atomic mass is 15.0. The predicted molar refractivity (Wildman–Crippen MR) is 112 cm³/mol. The summed E-state index contributed by atoms with van der Waals surface area (Å²) in [6.45, 7) is 0. The molecule has 0 aliphatic heterocycles. The van der Waals surface area contributed by atoms with Gasteiger partial charge >= 0.3 is 0 Å². The lowest BCUT2D eigenvalue weighted by Crippen LogP contribution is -1.93. The molecule has 4 nitrogen and oxygen atoms in total. The summed E-state index contributed by atoms with van der Waals surface area (Å²) < 4.78 is 2.24. The lowest BCUT2D eigenvalue weighted by atomic mass is 10.1. The zero-order chi connectivity index (χ0) is 18.2. The van der Waals surface area contributed by atoms with Gasteiger partial charge in [-0.1, -0.05) is 30.3 Å². The summed E-state index contributed by atoms with van der Waals surface area (Å²) in [4.78, 5) is 14.0. The Morgan fingerprint density at radius 1 is 0.786 bits per heavy atom. The fraction of sp³-hybridized carbons (Fsp3) is 0.0417. The van der Waals surface area contributed by atoms with E-state index >= 15 is 0 Å². The Hall–Kier alpha value is -3.79. The summed E-state index contributed by atoms with van der Waals surface area (Å²) in [5, 5.41) is 2.19. The van der Waals surface area contributed by atoms with Crippen molar-refractivity contribution in [1.82, 2.24) is 19.4 Å². The van der Waals surface area contributed by atoms with Crippen molar-refractivity contribution < 1.29 is 0 Å². The predicted octanol–water partition coefficient (Wildman–Crippen LogP) is 5.16. The topological polar surface area (TPSA) is 43.1 Å². The van der Waals surface area contributed by atoms with Gasteiger partial charge in [0.25, 0.3) is 0 Å². The van der Waals surface area contributed by atoms with Crippen LogP contribution in [0.4, 0.5) is 0 Å². The smallest absolute Gasteiger partial charge is 0.165 e. The van der Waals surface area contributed by atoms with Gasteiger partial charge in [0.2, 0.25) is 0 Å². The van der Waals surface area contributed by atoms with Crippen LogP contribution in [0, 0.1) is 0 Å². The molecule has 0 N–H and O–H groups in total. The van der Waals surface area contributed by atoms with E-state index < -0.39 is 0 Å². The second-order valence-electron chi connectivity index (χ2n) is 7.40. The maximum Gasteiger partial charge on any atom is 0.165 e. The van der Waals surface area contributed by atoms with E-state index in [1.807, 2.05) is 24.7 Å². The molecule has 4 heteroatoms. The average Bonchev–Trinajstić information content (AvgIpc) is 3.30. The standard InChI is InChI=1S/C24H14N4/c1-2-5-16-14(4-1)10-15-11-22-20(12-18(15)16)27-24-23-17(6-3-8-26-23)19-13-25-9-7-21(19)28(22)24/h1-9,11-13H,10H2. The summed E-state index contributed by atoms with van der Waals surface area (Å²) in [6.07, 6.45) is 6.58. The molecular formula is C24H14N4. The maximum absolute atomic E-state index is 5.02. The van der Waals surface area contributed by atoms with Crippen LogP contribution in [-0.2, 0) is 6.42 Å². The molecule has 0 saturated heterocycles. The second kappa shape index (κ2) is 4.93. The third kappa shape index (κ3) is 1.68. The first-order valence-electron chi connectivity index (χ1n) is 9.42. The summed E-state index contributed by atoms with van der Waals surface area (Å²) in [5.41, 5.74) is 10.4. The van der Waals surface area contributed by atoms with Crippen LogP contribution in [-0.4, -0.2) is 19.4 Å². The SMILES string of the molecule is c1ccc2c(c1)Cc1cc3c(cc1-2)nc1c2ncccc2c2cnccc2n31. The number of aromatic nitrogens is 4. The van der Waals surface area contributed by atoms with Crippen LogP contribution >= 0.6 is 0 Å². The minimum Gasteiger partial charge on any atom is -0.290 e. The first-order valence-corrected chi connectivity index (χ1v) is 9.42. The average molecular weight is 358 g/mol. The number of hydrogen-bond acceptors (Lipinski definition) is 3. The monoisotopic (exact) mass is 358 g/mol. The van der Waals surface area contributed by atoms with Gasteiger partial charge in [-0.25, -0.2) is 4.98 Å². The molecule has 0 amide bonds. The molecule has 6 aromatic rings. The Balaban J connectivity index is 1.70. The number of hydrogen-bond donors (Lipinski definition) is 0. The van der Waals surface area contributed by atoms with E-state index in [0.717, 1.165) is 44.9 Å². The quantitative estimate of drug-likeness (QED) is 0.352. The van der Waals surface area contributed by atoms with E-state index in [1.165, 1.54) is 22.3 Å². The number of nitrogens with zero attached hydrogens (tertiary/aromatic N) is 4. The van der Waals surface area contributed by atoms with E-state index in [9.17, 15) is 0 Å². The lowest BCUT2D eigenvalue weighted by Gasteiger charge is -2.08. The van der Waals surface area contributed by atoms with E-state index in [4.69, 9.17) is 4.98 Å². The Morgan fingerprint density at radius 3 is 2.75 bits per heavy atom. The van der Waals surface area contributed by atoms with Gasteiger partial charge in [0, 0.05) is 29.4 Å². The first-order chi connectivity index (χ1) is 13.9. The molecule has 0 spiro atoms. The molecule has 0 unspecified atom stereocenters. The fourth-order valence-electron chi connectivity index (χ4n) is 4.70. The second-order valence-corrected chi connectivity index (χ2v) is 7.40. The van der Waals surface area contributed by atoms with Gasteiger partial charge in [-0.15, -0.1) is 0 Å². The summed E-state index contributed by atoms with van der Waals surface area (Å²) >= 11 is 0. The van der Waals surface area contributed by atoms with Gasteiger partial charge in [0.05, 0.1) is 16.6 Å². The number of imidazole rings is 1. The van der Waals surface area contributed by atoms with Crippen LogP contribution in [0.3, 0.4) is 0 Å². The van der Waals surface area contributed by atoms with Crippen LogP contribution in [0.5, 0.6) is 0 Å². The van der Waals surface area contributed by atoms with Gasteiger partial charge in [-0.2, -0.15) is 0 Å². The van der Waals surface area contributed by atoms with Crippen molar-refractivity contribution in [2.75, 3.05) is 0 Å². The molecule has 4 heterocycles. The van der Waals surface area contributed by atoms with Crippen molar-refractivity contribution in [3.05, 3.63) is 84.3 Å². The van der Waals surface area contributed by atoms with Crippen LogP contribution in [0.2, 0.25) is 0 Å². The largest absolute Gasteiger partial charge is 0.290 e. The molecule has 0 atom stereocenters. The van der Waals surface area contributed by atoms with Crippen molar-refractivity contribution in [2.24, 2.45) is 0 Å². The van der Waals surface area contributed by atoms with Crippen LogP contribution in [0.25, 0.3) is 49.6 Å². The molecule has 0 bridgehead atoms. The summed E-state index contributed by atoms with van der Waals surface area (Å²) in [6, 6.07) is 19.3. The van der Waals surface area contributed by atoms with Crippen LogP contribution in [0.1, 0.15) is 11.1 Å². The molecule has 4 aromatic heterocycles. The number of pyridine rings is 3. The molecular weight excluding hydrogens is 344 g/mol. The van der Waals surface area contributed by atoms with Crippen LogP contribution in [0.15, 0.2) is 73.2 Å². The van der Waals surface area contributed by atoms with Crippen molar-refractivity contribution >= 4 is 38.5 Å². The van der Waals surface area contributed by atoms with Crippen LogP contribution < -0.4 is 0 Å². The number of benzene rings is 2. The molecule has 7 rings (SSSR count).